The summed E-state index contributed by atoms with van der Waals surface area (Å²) in [7, 11) is 0. The van der Waals surface area contributed by atoms with Crippen molar-refractivity contribution >= 4 is 5.91 Å². The van der Waals surface area contributed by atoms with Crippen LogP contribution in [0.3, 0.4) is 0 Å². The van der Waals surface area contributed by atoms with Gasteiger partial charge in [0.15, 0.2) is 0 Å². The maximum atomic E-state index is 11.1. The number of hydrogen-bond donors (Lipinski definition) is 1. The zero-order valence-corrected chi connectivity index (χ0v) is 11.4. The van der Waals surface area contributed by atoms with Crippen LogP contribution in [-0.2, 0) is 4.79 Å². The van der Waals surface area contributed by atoms with Gasteiger partial charge in [-0.05, 0) is 31.6 Å². The van der Waals surface area contributed by atoms with Crippen LogP contribution in [0.4, 0.5) is 0 Å². The Morgan fingerprint density at radius 2 is 1.94 bits per heavy atom. The van der Waals surface area contributed by atoms with Crippen molar-refractivity contribution in [2.75, 3.05) is 0 Å². The van der Waals surface area contributed by atoms with E-state index in [2.05, 4.69) is 32.2 Å². The lowest BCUT2D eigenvalue weighted by Gasteiger charge is -2.24. The van der Waals surface area contributed by atoms with Crippen LogP contribution in [0.15, 0.2) is 12.2 Å². The quantitative estimate of drug-likeness (QED) is 0.660. The highest BCUT2D eigenvalue weighted by Crippen LogP contribution is 2.21. The molecule has 0 aromatic carbocycles. The Bertz CT molecular complexity index is 223. The van der Waals surface area contributed by atoms with Gasteiger partial charge >= 0.3 is 0 Å². The molecule has 0 aliphatic carbocycles. The summed E-state index contributed by atoms with van der Waals surface area (Å²) in [4.78, 5) is 11.1. The number of nitrogens with one attached hydrogen (secondary N) is 1. The Hall–Kier alpha value is -0.790. The highest BCUT2D eigenvalue weighted by Gasteiger charge is 2.16. The second kappa shape index (κ2) is 8.37. The molecule has 2 heteroatoms. The average Bonchev–Trinajstić information content (AvgIpc) is 2.23. The fourth-order valence-corrected chi connectivity index (χ4v) is 1.89. The Balaban J connectivity index is 4.23. The van der Waals surface area contributed by atoms with Crippen LogP contribution >= 0.6 is 0 Å². The number of carbonyl (C=O) groups is 1. The first-order chi connectivity index (χ1) is 7.51. The smallest absolute Gasteiger partial charge is 0.217 e. The molecule has 3 atom stereocenters. The van der Waals surface area contributed by atoms with Crippen LogP contribution in [-0.4, -0.2) is 11.9 Å². The summed E-state index contributed by atoms with van der Waals surface area (Å²) in [5.41, 5.74) is 0. The zero-order chi connectivity index (χ0) is 12.6. The molecular weight excluding hydrogens is 198 g/mol. The normalized spacial score (nSPS) is 17.1. The van der Waals surface area contributed by atoms with Gasteiger partial charge < -0.3 is 5.32 Å². The maximum Gasteiger partial charge on any atom is 0.217 e. The lowest BCUT2D eigenvalue weighted by atomic mass is 9.87. The van der Waals surface area contributed by atoms with E-state index in [1.165, 1.54) is 6.42 Å². The van der Waals surface area contributed by atoms with Crippen molar-refractivity contribution in [2.45, 2.75) is 59.9 Å². The van der Waals surface area contributed by atoms with Crippen LogP contribution in [0.2, 0.25) is 0 Å². The van der Waals surface area contributed by atoms with Crippen molar-refractivity contribution in [1.29, 1.82) is 0 Å². The zero-order valence-electron chi connectivity index (χ0n) is 11.4. The molecule has 2 nitrogen and oxygen atoms in total. The van der Waals surface area contributed by atoms with Crippen molar-refractivity contribution in [1.82, 2.24) is 5.32 Å². The molecule has 0 spiro atoms. The van der Waals surface area contributed by atoms with Gasteiger partial charge in [-0.15, -0.1) is 0 Å². The summed E-state index contributed by atoms with van der Waals surface area (Å²) in [5, 5.41) is 3.03. The van der Waals surface area contributed by atoms with E-state index in [1.807, 2.05) is 13.0 Å². The van der Waals surface area contributed by atoms with Crippen molar-refractivity contribution in [3.63, 3.8) is 0 Å². The van der Waals surface area contributed by atoms with Crippen molar-refractivity contribution in [2.24, 2.45) is 11.8 Å². The molecule has 1 N–H and O–H groups in total. The van der Waals surface area contributed by atoms with Gasteiger partial charge in [0.05, 0.1) is 0 Å². The highest BCUT2D eigenvalue weighted by atomic mass is 16.1. The summed E-state index contributed by atoms with van der Waals surface area (Å²) >= 11 is 0. The molecule has 94 valence electrons. The maximum absolute atomic E-state index is 11.1. The molecular formula is C14H27NO. The fraction of sp³-hybridized carbons (Fsp3) is 0.786. The van der Waals surface area contributed by atoms with Crippen molar-refractivity contribution in [3.8, 4) is 0 Å². The first-order valence-corrected chi connectivity index (χ1v) is 6.39. The van der Waals surface area contributed by atoms with Gasteiger partial charge in [0.1, 0.15) is 0 Å². The monoisotopic (exact) mass is 225 g/mol. The van der Waals surface area contributed by atoms with Gasteiger partial charge in [0.25, 0.3) is 0 Å². The van der Waals surface area contributed by atoms with Crippen LogP contribution < -0.4 is 5.32 Å². The summed E-state index contributed by atoms with van der Waals surface area (Å²) in [6, 6.07) is 0.290. The third kappa shape index (κ3) is 6.65. The molecule has 3 unspecified atom stereocenters. The summed E-state index contributed by atoms with van der Waals surface area (Å²) in [6.45, 7) is 10.4. The van der Waals surface area contributed by atoms with Gasteiger partial charge in [-0.2, -0.15) is 0 Å². The number of carbonyl (C=O) groups excluding carboxylic acids is 1. The lowest BCUT2D eigenvalue weighted by Crippen LogP contribution is -2.34. The summed E-state index contributed by atoms with van der Waals surface area (Å²) in [5.74, 6) is 1.46. The van der Waals surface area contributed by atoms with Crippen LogP contribution in [0, 0.1) is 11.8 Å². The SMILES string of the molecule is C/C=C\CC(CC(C)C(C)CC)NC(C)=O. The third-order valence-electron chi connectivity index (χ3n) is 3.34. The topological polar surface area (TPSA) is 29.1 Å². The second-order valence-corrected chi connectivity index (χ2v) is 4.80. The molecule has 0 aliphatic heterocycles. The predicted octanol–water partition coefficient (Wildman–Crippen LogP) is 3.53. The number of hydrogen-bond acceptors (Lipinski definition) is 1. The number of allylic oxidation sites excluding steroid dienone is 1. The van der Waals surface area contributed by atoms with E-state index < -0.39 is 0 Å². The van der Waals surface area contributed by atoms with Gasteiger partial charge in [-0.1, -0.05) is 39.3 Å². The number of amides is 1. The minimum atomic E-state index is 0.0749. The fourth-order valence-electron chi connectivity index (χ4n) is 1.89. The van der Waals surface area contributed by atoms with Crippen LogP contribution in [0.25, 0.3) is 0 Å². The van der Waals surface area contributed by atoms with Gasteiger partial charge in [0, 0.05) is 13.0 Å². The van der Waals surface area contributed by atoms with E-state index in [4.69, 9.17) is 0 Å². The van der Waals surface area contributed by atoms with Crippen LogP contribution in [0.5, 0.6) is 0 Å². The van der Waals surface area contributed by atoms with Crippen LogP contribution in [0.1, 0.15) is 53.9 Å². The Morgan fingerprint density at radius 3 is 2.38 bits per heavy atom. The molecule has 0 saturated heterocycles. The largest absolute Gasteiger partial charge is 0.353 e. The van der Waals surface area contributed by atoms with E-state index in [0.29, 0.717) is 5.92 Å². The van der Waals surface area contributed by atoms with Crippen molar-refractivity contribution < 1.29 is 4.79 Å². The van der Waals surface area contributed by atoms with Gasteiger partial charge in [-0.25, -0.2) is 0 Å². The predicted molar refractivity (Wildman–Crippen MR) is 70.3 cm³/mol. The molecule has 0 aromatic heterocycles. The number of rotatable bonds is 7. The van der Waals surface area contributed by atoms with Gasteiger partial charge in [-0.3, -0.25) is 4.79 Å². The first-order valence-electron chi connectivity index (χ1n) is 6.39. The molecule has 1 amide bonds. The molecule has 0 aliphatic rings. The average molecular weight is 225 g/mol. The third-order valence-corrected chi connectivity index (χ3v) is 3.34. The Kier molecular flexibility index (Phi) is 7.96. The standard InChI is InChI=1S/C14H27NO/c1-6-8-9-14(15-13(5)16)10-12(4)11(3)7-2/h6,8,11-12,14H,7,9-10H2,1-5H3,(H,15,16)/b8-6-. The molecule has 0 rings (SSSR count). The molecule has 16 heavy (non-hydrogen) atoms. The second-order valence-electron chi connectivity index (χ2n) is 4.80. The highest BCUT2D eigenvalue weighted by molar-refractivity contribution is 5.73. The Morgan fingerprint density at radius 1 is 1.31 bits per heavy atom. The molecule has 0 heterocycles. The Labute approximate surface area is 101 Å². The minimum Gasteiger partial charge on any atom is -0.353 e. The summed E-state index contributed by atoms with van der Waals surface area (Å²) < 4.78 is 0. The molecule has 0 radical (unpaired) electrons. The molecule has 0 bridgehead atoms. The first kappa shape index (κ1) is 15.2. The summed E-state index contributed by atoms with van der Waals surface area (Å²) in [6.07, 6.45) is 7.39. The van der Waals surface area contributed by atoms with E-state index in [9.17, 15) is 4.79 Å². The molecule has 0 fully saturated rings. The van der Waals surface area contributed by atoms with Crippen molar-refractivity contribution in [3.05, 3.63) is 12.2 Å². The molecule has 0 saturated carbocycles. The molecule has 0 aromatic rings. The van der Waals surface area contributed by atoms with E-state index >= 15 is 0 Å². The van der Waals surface area contributed by atoms with Gasteiger partial charge in [0.2, 0.25) is 5.91 Å². The van der Waals surface area contributed by atoms with E-state index in [-0.39, 0.29) is 11.9 Å². The lowest BCUT2D eigenvalue weighted by molar-refractivity contribution is -0.119. The van der Waals surface area contributed by atoms with E-state index in [0.717, 1.165) is 18.8 Å². The van der Waals surface area contributed by atoms with E-state index in [1.54, 1.807) is 6.92 Å². The minimum absolute atomic E-state index is 0.0749.